The van der Waals surface area contributed by atoms with Gasteiger partial charge in [-0.3, -0.25) is 0 Å². The maximum absolute atomic E-state index is 10.6. The van der Waals surface area contributed by atoms with Crippen LogP contribution in [0.15, 0.2) is 60.7 Å². The SMILES string of the molecule is NCC(O)(CCCc1ccccc1)c1ccccc1. The molecule has 2 rings (SSSR count). The number of aryl methyl sites for hydroxylation is 1. The lowest BCUT2D eigenvalue weighted by molar-refractivity contribution is 0.0347. The van der Waals surface area contributed by atoms with Gasteiger partial charge in [0.05, 0.1) is 0 Å². The van der Waals surface area contributed by atoms with Crippen molar-refractivity contribution in [2.75, 3.05) is 6.54 Å². The molecule has 0 saturated carbocycles. The highest BCUT2D eigenvalue weighted by molar-refractivity contribution is 5.23. The average Bonchev–Trinajstić information content (AvgIpc) is 2.49. The predicted molar refractivity (Wildman–Crippen MR) is 78.8 cm³/mol. The Hall–Kier alpha value is -1.64. The minimum absolute atomic E-state index is 0.256. The van der Waals surface area contributed by atoms with E-state index in [0.717, 1.165) is 18.4 Å². The Labute approximate surface area is 114 Å². The van der Waals surface area contributed by atoms with Crippen molar-refractivity contribution in [1.29, 1.82) is 0 Å². The van der Waals surface area contributed by atoms with Gasteiger partial charge >= 0.3 is 0 Å². The zero-order valence-corrected chi connectivity index (χ0v) is 11.1. The Morgan fingerprint density at radius 2 is 1.47 bits per heavy atom. The monoisotopic (exact) mass is 255 g/mol. The van der Waals surface area contributed by atoms with Crippen LogP contribution in [0.25, 0.3) is 0 Å². The second-order valence-corrected chi connectivity index (χ2v) is 4.94. The Morgan fingerprint density at radius 3 is 2.05 bits per heavy atom. The first-order valence-corrected chi connectivity index (χ1v) is 6.76. The van der Waals surface area contributed by atoms with E-state index in [1.807, 2.05) is 48.5 Å². The molecule has 0 heterocycles. The van der Waals surface area contributed by atoms with Crippen molar-refractivity contribution in [2.24, 2.45) is 5.73 Å². The van der Waals surface area contributed by atoms with Gasteiger partial charge in [-0.25, -0.2) is 0 Å². The smallest absolute Gasteiger partial charge is 0.102 e. The average molecular weight is 255 g/mol. The van der Waals surface area contributed by atoms with E-state index in [2.05, 4.69) is 12.1 Å². The summed E-state index contributed by atoms with van der Waals surface area (Å²) < 4.78 is 0. The third-order valence-electron chi connectivity index (χ3n) is 3.55. The normalized spacial score (nSPS) is 14.0. The van der Waals surface area contributed by atoms with E-state index < -0.39 is 5.60 Å². The molecule has 1 atom stereocenters. The number of benzene rings is 2. The number of rotatable bonds is 6. The summed E-state index contributed by atoms with van der Waals surface area (Å²) >= 11 is 0. The van der Waals surface area contributed by atoms with Crippen molar-refractivity contribution in [2.45, 2.75) is 24.9 Å². The van der Waals surface area contributed by atoms with Crippen LogP contribution in [-0.2, 0) is 12.0 Å². The zero-order chi connectivity index (χ0) is 13.6. The molecule has 0 bridgehead atoms. The van der Waals surface area contributed by atoms with Gasteiger partial charge in [0, 0.05) is 6.54 Å². The zero-order valence-electron chi connectivity index (χ0n) is 11.1. The molecule has 0 radical (unpaired) electrons. The van der Waals surface area contributed by atoms with Crippen LogP contribution >= 0.6 is 0 Å². The molecular formula is C17H21NO. The quantitative estimate of drug-likeness (QED) is 0.833. The molecule has 0 amide bonds. The molecule has 0 aliphatic rings. The Kier molecular flexibility index (Phi) is 4.72. The van der Waals surface area contributed by atoms with Gasteiger partial charge in [0.1, 0.15) is 5.60 Å². The van der Waals surface area contributed by atoms with Crippen LogP contribution in [0.2, 0.25) is 0 Å². The van der Waals surface area contributed by atoms with Gasteiger partial charge < -0.3 is 10.8 Å². The van der Waals surface area contributed by atoms with Gasteiger partial charge in [-0.2, -0.15) is 0 Å². The summed E-state index contributed by atoms with van der Waals surface area (Å²) in [6, 6.07) is 20.0. The molecule has 0 aliphatic carbocycles. The maximum Gasteiger partial charge on any atom is 0.102 e. The van der Waals surface area contributed by atoms with Crippen LogP contribution < -0.4 is 5.73 Å². The van der Waals surface area contributed by atoms with E-state index in [4.69, 9.17) is 5.73 Å². The van der Waals surface area contributed by atoms with Crippen LogP contribution in [0.4, 0.5) is 0 Å². The fraction of sp³-hybridized carbons (Fsp3) is 0.294. The fourth-order valence-electron chi connectivity index (χ4n) is 2.34. The molecule has 0 saturated heterocycles. The molecule has 1 unspecified atom stereocenters. The van der Waals surface area contributed by atoms with Gasteiger partial charge in [-0.1, -0.05) is 60.7 Å². The van der Waals surface area contributed by atoms with Crippen molar-refractivity contribution in [3.63, 3.8) is 0 Å². The minimum atomic E-state index is -0.907. The first-order chi connectivity index (χ1) is 9.24. The lowest BCUT2D eigenvalue weighted by Crippen LogP contribution is -2.34. The third-order valence-corrected chi connectivity index (χ3v) is 3.55. The standard InChI is InChI=1S/C17H21NO/c18-14-17(19,16-11-5-2-6-12-16)13-7-10-15-8-3-1-4-9-15/h1-6,8-9,11-12,19H,7,10,13-14,18H2. The van der Waals surface area contributed by atoms with Crippen molar-refractivity contribution < 1.29 is 5.11 Å². The van der Waals surface area contributed by atoms with Crippen LogP contribution in [0.5, 0.6) is 0 Å². The summed E-state index contributed by atoms with van der Waals surface area (Å²) in [5.74, 6) is 0. The second-order valence-electron chi connectivity index (χ2n) is 4.94. The highest BCUT2D eigenvalue weighted by atomic mass is 16.3. The van der Waals surface area contributed by atoms with Crippen LogP contribution in [-0.4, -0.2) is 11.7 Å². The van der Waals surface area contributed by atoms with Crippen LogP contribution in [0.1, 0.15) is 24.0 Å². The summed E-state index contributed by atoms with van der Waals surface area (Å²) in [4.78, 5) is 0. The summed E-state index contributed by atoms with van der Waals surface area (Å²) in [5, 5.41) is 10.6. The van der Waals surface area contributed by atoms with Gasteiger partial charge in [0.25, 0.3) is 0 Å². The fourth-order valence-corrected chi connectivity index (χ4v) is 2.34. The lowest BCUT2D eigenvalue weighted by Gasteiger charge is -2.27. The van der Waals surface area contributed by atoms with Gasteiger partial charge in [0.15, 0.2) is 0 Å². The van der Waals surface area contributed by atoms with Gasteiger partial charge in [0.2, 0.25) is 0 Å². The molecule has 3 N–H and O–H groups in total. The molecule has 2 nitrogen and oxygen atoms in total. The topological polar surface area (TPSA) is 46.2 Å². The van der Waals surface area contributed by atoms with Gasteiger partial charge in [-0.15, -0.1) is 0 Å². The minimum Gasteiger partial charge on any atom is -0.384 e. The number of hydrogen-bond donors (Lipinski definition) is 2. The van der Waals surface area contributed by atoms with E-state index in [0.29, 0.717) is 6.42 Å². The van der Waals surface area contributed by atoms with E-state index in [9.17, 15) is 5.11 Å². The molecule has 0 spiro atoms. The van der Waals surface area contributed by atoms with Crippen molar-refractivity contribution in [3.05, 3.63) is 71.8 Å². The molecule has 19 heavy (non-hydrogen) atoms. The van der Waals surface area contributed by atoms with Crippen LogP contribution in [0.3, 0.4) is 0 Å². The third kappa shape index (κ3) is 3.66. The van der Waals surface area contributed by atoms with E-state index in [1.54, 1.807) is 0 Å². The first-order valence-electron chi connectivity index (χ1n) is 6.76. The Morgan fingerprint density at radius 1 is 0.895 bits per heavy atom. The molecule has 0 fully saturated rings. The summed E-state index contributed by atoms with van der Waals surface area (Å²) in [6.45, 7) is 0.256. The molecule has 2 aromatic rings. The number of nitrogens with two attached hydrogens (primary N) is 1. The molecular weight excluding hydrogens is 234 g/mol. The van der Waals surface area contributed by atoms with E-state index >= 15 is 0 Å². The maximum atomic E-state index is 10.6. The summed E-state index contributed by atoms with van der Waals surface area (Å²) in [5.41, 5.74) is 7.07. The highest BCUT2D eigenvalue weighted by Gasteiger charge is 2.26. The number of aliphatic hydroxyl groups is 1. The molecule has 0 aliphatic heterocycles. The molecule has 2 heteroatoms. The Bertz CT molecular complexity index is 483. The lowest BCUT2D eigenvalue weighted by atomic mass is 9.88. The predicted octanol–water partition coefficient (Wildman–Crippen LogP) is 2.86. The largest absolute Gasteiger partial charge is 0.384 e. The number of hydrogen-bond acceptors (Lipinski definition) is 2. The van der Waals surface area contributed by atoms with Crippen molar-refractivity contribution >= 4 is 0 Å². The summed E-state index contributed by atoms with van der Waals surface area (Å²) in [6.07, 6.45) is 2.57. The molecule has 2 aromatic carbocycles. The highest BCUT2D eigenvalue weighted by Crippen LogP contribution is 2.26. The molecule has 100 valence electrons. The van der Waals surface area contributed by atoms with Gasteiger partial charge in [-0.05, 0) is 30.4 Å². The van der Waals surface area contributed by atoms with E-state index in [-0.39, 0.29) is 6.54 Å². The first kappa shape index (κ1) is 13.8. The molecule has 0 aromatic heterocycles. The summed E-state index contributed by atoms with van der Waals surface area (Å²) in [7, 11) is 0. The van der Waals surface area contributed by atoms with E-state index in [1.165, 1.54) is 5.56 Å². The van der Waals surface area contributed by atoms with Crippen LogP contribution in [0, 0.1) is 0 Å². The van der Waals surface area contributed by atoms with Crippen molar-refractivity contribution in [3.8, 4) is 0 Å². The van der Waals surface area contributed by atoms with Crippen molar-refractivity contribution in [1.82, 2.24) is 0 Å². The Balaban J connectivity index is 1.96. The second kappa shape index (κ2) is 6.50.